The SMILES string of the molecule is c1cc(-n2c3ccccc3c3ccccc32)c(-c2ccc3oc4ccncc4c3c2)c(-n2c3ccccc3c3cccnc32)c1. The summed E-state index contributed by atoms with van der Waals surface area (Å²) in [6, 6.07) is 45.1. The number of benzene rings is 5. The van der Waals surface area contributed by atoms with Gasteiger partial charge in [-0.25, -0.2) is 4.98 Å². The molecular formula is C40H24N4O. The topological polar surface area (TPSA) is 48.8 Å². The number of furan rings is 1. The van der Waals surface area contributed by atoms with Gasteiger partial charge in [-0.1, -0.05) is 66.7 Å². The molecule has 0 spiro atoms. The van der Waals surface area contributed by atoms with E-state index in [9.17, 15) is 0 Å². The molecule has 5 aromatic carbocycles. The number of pyridine rings is 2. The Morgan fingerprint density at radius 2 is 1.09 bits per heavy atom. The van der Waals surface area contributed by atoms with Crippen LogP contribution in [0.2, 0.25) is 0 Å². The first-order valence-electron chi connectivity index (χ1n) is 15.1. The molecule has 0 N–H and O–H groups in total. The van der Waals surface area contributed by atoms with E-state index >= 15 is 0 Å². The van der Waals surface area contributed by atoms with Gasteiger partial charge in [-0.3, -0.25) is 9.55 Å². The quantitative estimate of drug-likeness (QED) is 0.210. The molecule has 0 atom stereocenters. The van der Waals surface area contributed by atoms with E-state index in [2.05, 4.69) is 129 Å². The predicted octanol–water partition coefficient (Wildman–Crippen LogP) is 10.2. The van der Waals surface area contributed by atoms with Crippen molar-refractivity contribution >= 4 is 65.7 Å². The van der Waals surface area contributed by atoms with Crippen molar-refractivity contribution < 1.29 is 4.42 Å². The van der Waals surface area contributed by atoms with Gasteiger partial charge in [0.25, 0.3) is 0 Å². The summed E-state index contributed by atoms with van der Waals surface area (Å²) in [5.41, 5.74) is 10.4. The molecule has 0 fully saturated rings. The largest absolute Gasteiger partial charge is 0.456 e. The van der Waals surface area contributed by atoms with E-state index in [1.807, 2.05) is 24.5 Å². The third-order valence-corrected chi connectivity index (χ3v) is 9.08. The standard InChI is InChI=1S/C40H24N4O/c1-4-13-32-26(9-1)27-10-2-5-14-33(27)43(32)35-16-7-17-36(44-34-15-6-3-11-28(34)29-12-8-21-42-40(29)44)39(35)25-18-19-37-30(23-25)31-24-41-22-20-38(31)45-37/h1-24H. The molecule has 0 amide bonds. The monoisotopic (exact) mass is 576 g/mol. The second-order valence-corrected chi connectivity index (χ2v) is 11.5. The third-order valence-electron chi connectivity index (χ3n) is 9.08. The van der Waals surface area contributed by atoms with Gasteiger partial charge in [-0.2, -0.15) is 0 Å². The van der Waals surface area contributed by atoms with Crippen molar-refractivity contribution in [3.8, 4) is 22.5 Å². The number of hydrogen-bond acceptors (Lipinski definition) is 3. The van der Waals surface area contributed by atoms with E-state index < -0.39 is 0 Å². The van der Waals surface area contributed by atoms with Crippen LogP contribution in [0, 0.1) is 0 Å². The van der Waals surface area contributed by atoms with Crippen molar-refractivity contribution in [3.63, 3.8) is 0 Å². The first kappa shape index (κ1) is 24.3. The van der Waals surface area contributed by atoms with Crippen LogP contribution in [-0.4, -0.2) is 19.1 Å². The maximum absolute atomic E-state index is 6.22. The van der Waals surface area contributed by atoms with Gasteiger partial charge in [-0.15, -0.1) is 0 Å². The van der Waals surface area contributed by atoms with Gasteiger partial charge < -0.3 is 8.98 Å². The molecule has 0 aliphatic rings. The van der Waals surface area contributed by atoms with Gasteiger partial charge >= 0.3 is 0 Å². The maximum atomic E-state index is 6.22. The van der Waals surface area contributed by atoms with Crippen LogP contribution in [0.4, 0.5) is 0 Å². The number of rotatable bonds is 3. The van der Waals surface area contributed by atoms with Gasteiger partial charge in [0, 0.05) is 56.5 Å². The molecule has 0 bridgehead atoms. The highest BCUT2D eigenvalue weighted by Crippen LogP contribution is 2.43. The average Bonchev–Trinajstić information content (AvgIpc) is 3.75. The number of para-hydroxylation sites is 3. The summed E-state index contributed by atoms with van der Waals surface area (Å²) >= 11 is 0. The minimum Gasteiger partial charge on any atom is -0.456 e. The van der Waals surface area contributed by atoms with Crippen LogP contribution in [0.5, 0.6) is 0 Å². The Kier molecular flexibility index (Phi) is 4.93. The van der Waals surface area contributed by atoms with Crippen LogP contribution in [0.15, 0.2) is 150 Å². The van der Waals surface area contributed by atoms with Crippen LogP contribution in [-0.2, 0) is 0 Å². The first-order valence-corrected chi connectivity index (χ1v) is 15.1. The molecule has 10 aromatic rings. The van der Waals surface area contributed by atoms with E-state index in [0.717, 1.165) is 72.0 Å². The van der Waals surface area contributed by atoms with E-state index in [-0.39, 0.29) is 0 Å². The summed E-state index contributed by atoms with van der Waals surface area (Å²) in [4.78, 5) is 9.35. The molecule has 5 heteroatoms. The van der Waals surface area contributed by atoms with E-state index in [0.29, 0.717) is 0 Å². The van der Waals surface area contributed by atoms with Crippen LogP contribution in [0.25, 0.3) is 88.2 Å². The Balaban J connectivity index is 1.39. The molecule has 0 unspecified atom stereocenters. The number of fused-ring (bicyclic) bond motifs is 9. The molecule has 0 saturated carbocycles. The highest BCUT2D eigenvalue weighted by Gasteiger charge is 2.22. The molecule has 5 nitrogen and oxygen atoms in total. The molecule has 5 aromatic heterocycles. The number of nitrogens with zero attached hydrogens (tertiary/aromatic N) is 4. The second-order valence-electron chi connectivity index (χ2n) is 11.5. The van der Waals surface area contributed by atoms with Gasteiger partial charge in [0.05, 0.1) is 27.9 Å². The molecule has 0 radical (unpaired) electrons. The maximum Gasteiger partial charge on any atom is 0.145 e. The molecule has 10 rings (SSSR count). The predicted molar refractivity (Wildman–Crippen MR) is 183 cm³/mol. The minimum atomic E-state index is 0.833. The van der Waals surface area contributed by atoms with E-state index in [1.54, 1.807) is 6.20 Å². The lowest BCUT2D eigenvalue weighted by Crippen LogP contribution is -2.04. The van der Waals surface area contributed by atoms with Crippen molar-refractivity contribution in [1.29, 1.82) is 0 Å². The first-order chi connectivity index (χ1) is 22.3. The van der Waals surface area contributed by atoms with E-state index in [4.69, 9.17) is 9.40 Å². The van der Waals surface area contributed by atoms with Gasteiger partial charge in [0.15, 0.2) is 0 Å². The lowest BCUT2D eigenvalue weighted by molar-refractivity contribution is 0.668. The van der Waals surface area contributed by atoms with Crippen LogP contribution >= 0.6 is 0 Å². The lowest BCUT2D eigenvalue weighted by atomic mass is 9.98. The number of hydrogen-bond donors (Lipinski definition) is 0. The van der Waals surface area contributed by atoms with Crippen LogP contribution < -0.4 is 0 Å². The van der Waals surface area contributed by atoms with Crippen molar-refractivity contribution in [2.75, 3.05) is 0 Å². The van der Waals surface area contributed by atoms with Crippen LogP contribution in [0.3, 0.4) is 0 Å². The van der Waals surface area contributed by atoms with Crippen molar-refractivity contribution in [1.82, 2.24) is 19.1 Å². The van der Waals surface area contributed by atoms with Gasteiger partial charge in [-0.05, 0) is 66.2 Å². The van der Waals surface area contributed by atoms with Crippen molar-refractivity contribution in [3.05, 3.63) is 146 Å². The summed E-state index contributed by atoms with van der Waals surface area (Å²) in [6.07, 6.45) is 5.54. The fourth-order valence-electron chi connectivity index (χ4n) is 7.19. The van der Waals surface area contributed by atoms with Crippen molar-refractivity contribution in [2.45, 2.75) is 0 Å². The van der Waals surface area contributed by atoms with E-state index in [1.165, 1.54) is 16.2 Å². The Morgan fingerprint density at radius 1 is 0.467 bits per heavy atom. The zero-order chi connectivity index (χ0) is 29.5. The van der Waals surface area contributed by atoms with Crippen LogP contribution in [0.1, 0.15) is 0 Å². The molecule has 0 aliphatic carbocycles. The normalized spacial score (nSPS) is 12.0. The molecular weight excluding hydrogens is 552 g/mol. The summed E-state index contributed by atoms with van der Waals surface area (Å²) < 4.78 is 10.9. The zero-order valence-electron chi connectivity index (χ0n) is 24.1. The summed E-state index contributed by atoms with van der Waals surface area (Å²) in [5, 5.41) is 6.80. The summed E-state index contributed by atoms with van der Waals surface area (Å²) in [7, 11) is 0. The summed E-state index contributed by atoms with van der Waals surface area (Å²) in [6.45, 7) is 0. The Bertz CT molecular complexity index is 2540. The minimum absolute atomic E-state index is 0.833. The number of aromatic nitrogens is 4. The van der Waals surface area contributed by atoms with Crippen molar-refractivity contribution in [2.24, 2.45) is 0 Å². The summed E-state index contributed by atoms with van der Waals surface area (Å²) in [5.74, 6) is 0. The molecule has 45 heavy (non-hydrogen) atoms. The average molecular weight is 577 g/mol. The Hall–Kier alpha value is -6.20. The highest BCUT2D eigenvalue weighted by molar-refractivity contribution is 6.12. The zero-order valence-corrected chi connectivity index (χ0v) is 24.1. The molecule has 0 saturated heterocycles. The Morgan fingerprint density at radius 3 is 1.84 bits per heavy atom. The fourth-order valence-corrected chi connectivity index (χ4v) is 7.19. The lowest BCUT2D eigenvalue weighted by Gasteiger charge is -2.20. The Labute approximate surface area is 257 Å². The third kappa shape index (κ3) is 3.38. The molecule has 5 heterocycles. The smallest absolute Gasteiger partial charge is 0.145 e. The molecule has 0 aliphatic heterocycles. The highest BCUT2D eigenvalue weighted by atomic mass is 16.3. The van der Waals surface area contributed by atoms with Gasteiger partial charge in [0.1, 0.15) is 16.8 Å². The van der Waals surface area contributed by atoms with Gasteiger partial charge in [0.2, 0.25) is 0 Å². The second kappa shape index (κ2) is 9.15. The molecule has 210 valence electrons. The fraction of sp³-hybridized carbons (Fsp3) is 0.